The molecule has 0 saturated carbocycles. The normalized spacial score (nSPS) is 12.3. The van der Waals surface area contributed by atoms with Gasteiger partial charge in [-0.2, -0.15) is 5.26 Å². The van der Waals surface area contributed by atoms with Crippen LogP contribution in [0.2, 0.25) is 0 Å². The van der Waals surface area contributed by atoms with E-state index >= 15 is 0 Å². The first kappa shape index (κ1) is 16.7. The number of aliphatic carboxylic acids is 1. The van der Waals surface area contributed by atoms with Crippen LogP contribution in [0, 0.1) is 17.2 Å². The predicted octanol–water partition coefficient (Wildman–Crippen LogP) is 2.53. The first-order valence-electron chi connectivity index (χ1n) is 6.65. The Morgan fingerprint density at radius 3 is 2.29 bits per heavy atom. The fourth-order valence-corrected chi connectivity index (χ4v) is 1.83. The van der Waals surface area contributed by atoms with Crippen molar-refractivity contribution in [2.24, 2.45) is 5.92 Å². The van der Waals surface area contributed by atoms with Gasteiger partial charge in [0.25, 0.3) is 0 Å². The molecule has 0 saturated heterocycles. The van der Waals surface area contributed by atoms with Crippen LogP contribution in [-0.4, -0.2) is 22.6 Å². The van der Waals surface area contributed by atoms with Crippen molar-refractivity contribution in [2.45, 2.75) is 39.2 Å². The van der Waals surface area contributed by atoms with Crippen molar-refractivity contribution in [3.05, 3.63) is 35.4 Å². The van der Waals surface area contributed by atoms with E-state index in [9.17, 15) is 14.7 Å². The molecule has 0 amide bonds. The molecule has 0 unspecified atom stereocenters. The average molecular weight is 289 g/mol. The highest BCUT2D eigenvalue weighted by Gasteiger charge is 2.25. The number of carbonyl (C=O) groups is 2. The zero-order chi connectivity index (χ0) is 16.0. The number of carboxylic acids is 1. The summed E-state index contributed by atoms with van der Waals surface area (Å²) in [4.78, 5) is 23.0. The predicted molar refractivity (Wildman–Crippen MR) is 76.4 cm³/mol. The van der Waals surface area contributed by atoms with Crippen molar-refractivity contribution in [1.82, 2.24) is 0 Å². The van der Waals surface area contributed by atoms with Gasteiger partial charge in [-0.05, 0) is 44.9 Å². The van der Waals surface area contributed by atoms with Crippen molar-refractivity contribution in [3.63, 3.8) is 0 Å². The maximum absolute atomic E-state index is 11.7. The second-order valence-corrected chi connectivity index (χ2v) is 5.84. The molecule has 1 N–H and O–H groups in total. The highest BCUT2D eigenvalue weighted by molar-refractivity contribution is 5.79. The summed E-state index contributed by atoms with van der Waals surface area (Å²) in [5, 5.41) is 17.9. The van der Waals surface area contributed by atoms with Gasteiger partial charge in [-0.1, -0.05) is 12.1 Å². The van der Waals surface area contributed by atoms with E-state index in [0.717, 1.165) is 5.56 Å². The lowest BCUT2D eigenvalue weighted by molar-refractivity contribution is -0.159. The fourth-order valence-electron chi connectivity index (χ4n) is 1.83. The van der Waals surface area contributed by atoms with Crippen LogP contribution in [0.15, 0.2) is 24.3 Å². The van der Waals surface area contributed by atoms with Crippen LogP contribution in [0.1, 0.15) is 38.3 Å². The summed E-state index contributed by atoms with van der Waals surface area (Å²) in [6.07, 6.45) is 0.0485. The van der Waals surface area contributed by atoms with E-state index in [4.69, 9.17) is 10.00 Å². The molecular formula is C16H19NO4. The number of carboxylic acid groups (broad SMARTS) is 1. The molecule has 5 heteroatoms. The first-order valence-corrected chi connectivity index (χ1v) is 6.65. The van der Waals surface area contributed by atoms with E-state index in [-0.39, 0.29) is 12.8 Å². The van der Waals surface area contributed by atoms with Crippen LogP contribution in [0.5, 0.6) is 0 Å². The average Bonchev–Trinajstić information content (AvgIpc) is 2.36. The third-order valence-corrected chi connectivity index (χ3v) is 2.75. The molecule has 0 aliphatic rings. The summed E-state index contributed by atoms with van der Waals surface area (Å²) in [6, 6.07) is 8.65. The number of hydrogen-bond donors (Lipinski definition) is 1. The largest absolute Gasteiger partial charge is 0.481 e. The van der Waals surface area contributed by atoms with Crippen molar-refractivity contribution >= 4 is 11.9 Å². The quantitative estimate of drug-likeness (QED) is 0.841. The molecule has 0 radical (unpaired) electrons. The zero-order valence-corrected chi connectivity index (χ0v) is 12.4. The summed E-state index contributed by atoms with van der Waals surface area (Å²) in [7, 11) is 0. The number of esters is 1. The molecule has 1 rings (SSSR count). The van der Waals surface area contributed by atoms with Gasteiger partial charge in [-0.25, -0.2) is 0 Å². The maximum atomic E-state index is 11.7. The number of rotatable bonds is 5. The Morgan fingerprint density at radius 1 is 1.29 bits per heavy atom. The van der Waals surface area contributed by atoms with E-state index < -0.39 is 23.5 Å². The number of nitrogens with zero attached hydrogens (tertiary/aromatic N) is 1. The molecule has 112 valence electrons. The van der Waals surface area contributed by atoms with Gasteiger partial charge < -0.3 is 9.84 Å². The number of benzene rings is 1. The van der Waals surface area contributed by atoms with Crippen LogP contribution in [-0.2, 0) is 20.7 Å². The second-order valence-electron chi connectivity index (χ2n) is 5.84. The van der Waals surface area contributed by atoms with Crippen molar-refractivity contribution in [2.75, 3.05) is 0 Å². The Hall–Kier alpha value is -2.35. The highest BCUT2D eigenvalue weighted by Crippen LogP contribution is 2.17. The van der Waals surface area contributed by atoms with E-state index in [2.05, 4.69) is 0 Å². The SMILES string of the molecule is CC(C)(C)OC(=O)C[C@H](Cc1ccc(C#N)cc1)C(=O)O. The molecule has 0 fully saturated rings. The van der Waals surface area contributed by atoms with E-state index in [1.54, 1.807) is 45.0 Å². The van der Waals surface area contributed by atoms with Gasteiger partial charge in [0.1, 0.15) is 5.60 Å². The monoisotopic (exact) mass is 289 g/mol. The number of carbonyl (C=O) groups excluding carboxylic acids is 1. The van der Waals surface area contributed by atoms with E-state index in [1.165, 1.54) is 0 Å². The summed E-state index contributed by atoms with van der Waals surface area (Å²) < 4.78 is 5.15. The van der Waals surface area contributed by atoms with Crippen LogP contribution in [0.25, 0.3) is 0 Å². The lowest BCUT2D eigenvalue weighted by Crippen LogP contribution is -2.28. The van der Waals surface area contributed by atoms with Gasteiger partial charge in [0.05, 0.1) is 24.0 Å². The van der Waals surface area contributed by atoms with Crippen LogP contribution < -0.4 is 0 Å². The minimum Gasteiger partial charge on any atom is -0.481 e. The second kappa shape index (κ2) is 6.89. The molecule has 0 bridgehead atoms. The van der Waals surface area contributed by atoms with E-state index in [0.29, 0.717) is 5.56 Å². The van der Waals surface area contributed by atoms with E-state index in [1.807, 2.05) is 6.07 Å². The molecule has 0 aliphatic carbocycles. The lowest BCUT2D eigenvalue weighted by Gasteiger charge is -2.21. The minimum absolute atomic E-state index is 0.174. The van der Waals surface area contributed by atoms with Gasteiger partial charge in [0, 0.05) is 0 Å². The maximum Gasteiger partial charge on any atom is 0.307 e. The third-order valence-electron chi connectivity index (χ3n) is 2.75. The molecule has 0 spiro atoms. The Kier molecular flexibility index (Phi) is 5.48. The Balaban J connectivity index is 2.72. The van der Waals surface area contributed by atoms with Crippen molar-refractivity contribution in [3.8, 4) is 6.07 Å². The molecule has 1 aromatic rings. The molecule has 0 aromatic heterocycles. The third kappa shape index (κ3) is 6.09. The van der Waals surface area contributed by atoms with Crippen LogP contribution in [0.3, 0.4) is 0 Å². The summed E-state index contributed by atoms with van der Waals surface area (Å²) in [5.41, 5.74) is 0.650. The summed E-state index contributed by atoms with van der Waals surface area (Å²) in [5.74, 6) is -2.40. The standard InChI is InChI=1S/C16H19NO4/c1-16(2,3)21-14(18)9-13(15(19)20)8-11-4-6-12(10-17)7-5-11/h4-7,13H,8-9H2,1-3H3,(H,19,20)/t13-/m0/s1. The molecule has 5 nitrogen and oxygen atoms in total. The molecule has 21 heavy (non-hydrogen) atoms. The van der Waals surface area contributed by atoms with Gasteiger partial charge >= 0.3 is 11.9 Å². The van der Waals surface area contributed by atoms with Gasteiger partial charge in [-0.15, -0.1) is 0 Å². The van der Waals surface area contributed by atoms with Crippen LogP contribution in [0.4, 0.5) is 0 Å². The lowest BCUT2D eigenvalue weighted by atomic mass is 9.95. The van der Waals surface area contributed by atoms with Crippen LogP contribution >= 0.6 is 0 Å². The molecule has 1 atom stereocenters. The Labute approximate surface area is 124 Å². The van der Waals surface area contributed by atoms with Gasteiger partial charge in [-0.3, -0.25) is 9.59 Å². The zero-order valence-electron chi connectivity index (χ0n) is 12.4. The molecule has 0 heterocycles. The van der Waals surface area contributed by atoms with Crippen molar-refractivity contribution in [1.29, 1.82) is 5.26 Å². The number of nitriles is 1. The smallest absolute Gasteiger partial charge is 0.307 e. The number of ether oxygens (including phenoxy) is 1. The first-order chi connectivity index (χ1) is 9.71. The van der Waals surface area contributed by atoms with Gasteiger partial charge in [0.2, 0.25) is 0 Å². The molecular weight excluding hydrogens is 270 g/mol. The molecule has 1 aromatic carbocycles. The van der Waals surface area contributed by atoms with Gasteiger partial charge in [0.15, 0.2) is 0 Å². The fraction of sp³-hybridized carbons (Fsp3) is 0.438. The van der Waals surface area contributed by atoms with Crippen molar-refractivity contribution < 1.29 is 19.4 Å². The topological polar surface area (TPSA) is 87.4 Å². The minimum atomic E-state index is -1.04. The number of hydrogen-bond acceptors (Lipinski definition) is 4. The summed E-state index contributed by atoms with van der Waals surface area (Å²) >= 11 is 0. The molecule has 0 aliphatic heterocycles. The summed E-state index contributed by atoms with van der Waals surface area (Å²) in [6.45, 7) is 5.21. The Bertz CT molecular complexity index is 549. The Morgan fingerprint density at radius 2 is 1.86 bits per heavy atom. The highest BCUT2D eigenvalue weighted by atomic mass is 16.6.